The summed E-state index contributed by atoms with van der Waals surface area (Å²) in [5.74, 6) is 0.413. The molecule has 1 heterocycles. The van der Waals surface area contributed by atoms with Gasteiger partial charge in [0, 0.05) is 17.6 Å². The molecule has 20 heavy (non-hydrogen) atoms. The van der Waals surface area contributed by atoms with Gasteiger partial charge in [-0.1, -0.05) is 6.07 Å². The molecule has 0 radical (unpaired) electrons. The standard InChI is InChI=1S/C16H18N2O2/c1-10-7-11(2)15(14(8-10)20-4)16(19)18-13-5-6-17-12(3)9-13/h5-9H,1-4H3,(H,17,18,19). The van der Waals surface area contributed by atoms with Crippen LogP contribution in [0.2, 0.25) is 0 Å². The molecule has 0 bridgehead atoms. The van der Waals surface area contributed by atoms with Crippen LogP contribution in [0.3, 0.4) is 0 Å². The van der Waals surface area contributed by atoms with Crippen molar-refractivity contribution in [3.63, 3.8) is 0 Å². The van der Waals surface area contributed by atoms with Gasteiger partial charge in [0.1, 0.15) is 5.75 Å². The van der Waals surface area contributed by atoms with Gasteiger partial charge in [0.25, 0.3) is 5.91 Å². The van der Waals surface area contributed by atoms with E-state index in [0.29, 0.717) is 11.3 Å². The van der Waals surface area contributed by atoms with Crippen molar-refractivity contribution in [2.75, 3.05) is 12.4 Å². The maximum Gasteiger partial charge on any atom is 0.259 e. The van der Waals surface area contributed by atoms with E-state index in [1.807, 2.05) is 39.0 Å². The highest BCUT2D eigenvalue weighted by Gasteiger charge is 2.16. The van der Waals surface area contributed by atoms with E-state index in [0.717, 1.165) is 22.5 Å². The first kappa shape index (κ1) is 14.1. The first-order valence-electron chi connectivity index (χ1n) is 6.40. The van der Waals surface area contributed by atoms with Crippen molar-refractivity contribution in [2.24, 2.45) is 0 Å². The summed E-state index contributed by atoms with van der Waals surface area (Å²) in [6.07, 6.45) is 1.67. The monoisotopic (exact) mass is 270 g/mol. The molecule has 1 N–H and O–H groups in total. The number of hydrogen-bond donors (Lipinski definition) is 1. The Balaban J connectivity index is 2.34. The number of aryl methyl sites for hydroxylation is 3. The minimum Gasteiger partial charge on any atom is -0.496 e. The van der Waals surface area contributed by atoms with Crippen LogP contribution >= 0.6 is 0 Å². The molecule has 1 aromatic carbocycles. The van der Waals surface area contributed by atoms with Crippen LogP contribution in [0.4, 0.5) is 5.69 Å². The molecule has 0 aliphatic carbocycles. The molecule has 1 amide bonds. The van der Waals surface area contributed by atoms with Crippen molar-refractivity contribution in [2.45, 2.75) is 20.8 Å². The third-order valence-corrected chi connectivity index (χ3v) is 3.05. The Bertz CT molecular complexity index is 651. The predicted molar refractivity (Wildman–Crippen MR) is 79.4 cm³/mol. The first-order chi connectivity index (χ1) is 9.51. The Morgan fingerprint density at radius 3 is 2.60 bits per heavy atom. The van der Waals surface area contributed by atoms with Crippen LogP contribution in [0.15, 0.2) is 30.5 Å². The van der Waals surface area contributed by atoms with Crippen molar-refractivity contribution in [3.05, 3.63) is 52.8 Å². The summed E-state index contributed by atoms with van der Waals surface area (Å²) in [6, 6.07) is 7.42. The van der Waals surface area contributed by atoms with Crippen molar-refractivity contribution in [3.8, 4) is 5.75 Å². The van der Waals surface area contributed by atoms with Gasteiger partial charge in [-0.15, -0.1) is 0 Å². The van der Waals surface area contributed by atoms with Crippen molar-refractivity contribution in [1.82, 2.24) is 4.98 Å². The number of methoxy groups -OCH3 is 1. The molecule has 0 spiro atoms. The smallest absolute Gasteiger partial charge is 0.259 e. The summed E-state index contributed by atoms with van der Waals surface area (Å²) in [6.45, 7) is 5.76. The summed E-state index contributed by atoms with van der Waals surface area (Å²) in [7, 11) is 1.57. The summed E-state index contributed by atoms with van der Waals surface area (Å²) in [5.41, 5.74) is 4.10. The summed E-state index contributed by atoms with van der Waals surface area (Å²) in [5, 5.41) is 2.88. The van der Waals surface area contributed by atoms with Gasteiger partial charge in [-0.2, -0.15) is 0 Å². The number of aromatic nitrogens is 1. The normalized spacial score (nSPS) is 10.2. The van der Waals surface area contributed by atoms with Crippen LogP contribution in [0, 0.1) is 20.8 Å². The SMILES string of the molecule is COc1cc(C)cc(C)c1C(=O)Nc1ccnc(C)c1. The van der Waals surface area contributed by atoms with Gasteiger partial charge in [-0.05, 0) is 50.1 Å². The van der Waals surface area contributed by atoms with E-state index in [1.54, 1.807) is 19.4 Å². The fourth-order valence-electron chi connectivity index (χ4n) is 2.20. The maximum absolute atomic E-state index is 12.4. The van der Waals surface area contributed by atoms with Crippen LogP contribution in [0.25, 0.3) is 0 Å². The number of nitrogens with one attached hydrogen (secondary N) is 1. The molecule has 104 valence electrons. The molecule has 0 aliphatic heterocycles. The topological polar surface area (TPSA) is 51.2 Å². The van der Waals surface area contributed by atoms with Gasteiger partial charge in [0.15, 0.2) is 0 Å². The number of anilines is 1. The average Bonchev–Trinajstić information content (AvgIpc) is 2.37. The second-order valence-corrected chi connectivity index (χ2v) is 4.80. The number of rotatable bonds is 3. The van der Waals surface area contributed by atoms with Crippen LogP contribution < -0.4 is 10.1 Å². The van der Waals surface area contributed by atoms with E-state index in [1.165, 1.54) is 0 Å². The molecule has 4 heteroatoms. The second kappa shape index (κ2) is 5.74. The summed E-state index contributed by atoms with van der Waals surface area (Å²) >= 11 is 0. The molecule has 0 unspecified atom stereocenters. The van der Waals surface area contributed by atoms with Gasteiger partial charge in [-0.25, -0.2) is 0 Å². The highest BCUT2D eigenvalue weighted by molar-refractivity contribution is 6.07. The number of pyridine rings is 1. The average molecular weight is 270 g/mol. The molecule has 0 saturated heterocycles. The Morgan fingerprint density at radius 2 is 1.95 bits per heavy atom. The Kier molecular flexibility index (Phi) is 4.03. The van der Waals surface area contributed by atoms with Gasteiger partial charge in [-0.3, -0.25) is 9.78 Å². The minimum absolute atomic E-state index is 0.176. The van der Waals surface area contributed by atoms with Gasteiger partial charge < -0.3 is 10.1 Å². The van der Waals surface area contributed by atoms with E-state index in [-0.39, 0.29) is 5.91 Å². The molecule has 2 aromatic rings. The Morgan fingerprint density at radius 1 is 1.20 bits per heavy atom. The highest BCUT2D eigenvalue weighted by Crippen LogP contribution is 2.25. The van der Waals surface area contributed by atoms with E-state index in [4.69, 9.17) is 4.74 Å². The molecular formula is C16H18N2O2. The molecule has 4 nitrogen and oxygen atoms in total. The molecule has 0 fully saturated rings. The lowest BCUT2D eigenvalue weighted by Gasteiger charge is -2.13. The third-order valence-electron chi connectivity index (χ3n) is 3.05. The quantitative estimate of drug-likeness (QED) is 0.931. The molecule has 1 aromatic heterocycles. The third kappa shape index (κ3) is 2.96. The summed E-state index contributed by atoms with van der Waals surface area (Å²) < 4.78 is 5.32. The fraction of sp³-hybridized carbons (Fsp3) is 0.250. The maximum atomic E-state index is 12.4. The molecular weight excluding hydrogens is 252 g/mol. The highest BCUT2D eigenvalue weighted by atomic mass is 16.5. The van der Waals surface area contributed by atoms with Crippen molar-refractivity contribution >= 4 is 11.6 Å². The lowest BCUT2D eigenvalue weighted by atomic mass is 10.0. The molecule has 2 rings (SSSR count). The zero-order valence-electron chi connectivity index (χ0n) is 12.2. The lowest BCUT2D eigenvalue weighted by molar-refractivity contribution is 0.102. The van der Waals surface area contributed by atoms with E-state index < -0.39 is 0 Å². The largest absolute Gasteiger partial charge is 0.496 e. The van der Waals surface area contributed by atoms with Crippen LogP contribution in [0.5, 0.6) is 5.75 Å². The number of ether oxygens (including phenoxy) is 1. The molecule has 0 aliphatic rings. The first-order valence-corrected chi connectivity index (χ1v) is 6.40. The number of carbonyl (C=O) groups is 1. The number of nitrogens with zero attached hydrogens (tertiary/aromatic N) is 1. The predicted octanol–water partition coefficient (Wildman–Crippen LogP) is 3.27. The zero-order chi connectivity index (χ0) is 14.7. The Hall–Kier alpha value is -2.36. The molecule has 0 saturated carbocycles. The second-order valence-electron chi connectivity index (χ2n) is 4.80. The van der Waals surface area contributed by atoms with Gasteiger partial charge >= 0.3 is 0 Å². The van der Waals surface area contributed by atoms with E-state index >= 15 is 0 Å². The summed E-state index contributed by atoms with van der Waals surface area (Å²) in [4.78, 5) is 16.5. The van der Waals surface area contributed by atoms with E-state index in [2.05, 4.69) is 10.3 Å². The Labute approximate surface area is 118 Å². The number of carbonyl (C=O) groups excluding carboxylic acids is 1. The van der Waals surface area contributed by atoms with Gasteiger partial charge in [0.05, 0.1) is 12.7 Å². The van der Waals surface area contributed by atoms with Crippen LogP contribution in [-0.2, 0) is 0 Å². The fourth-order valence-corrected chi connectivity index (χ4v) is 2.20. The van der Waals surface area contributed by atoms with Crippen LogP contribution in [0.1, 0.15) is 27.2 Å². The zero-order valence-corrected chi connectivity index (χ0v) is 12.2. The molecule has 0 atom stereocenters. The van der Waals surface area contributed by atoms with Crippen LogP contribution in [-0.4, -0.2) is 18.0 Å². The van der Waals surface area contributed by atoms with E-state index in [9.17, 15) is 4.79 Å². The van der Waals surface area contributed by atoms with Gasteiger partial charge in [0.2, 0.25) is 0 Å². The van der Waals surface area contributed by atoms with Crippen molar-refractivity contribution < 1.29 is 9.53 Å². The number of benzene rings is 1. The number of hydrogen-bond acceptors (Lipinski definition) is 3. The lowest BCUT2D eigenvalue weighted by Crippen LogP contribution is -2.15. The van der Waals surface area contributed by atoms with Crippen molar-refractivity contribution in [1.29, 1.82) is 0 Å². The number of amides is 1. The minimum atomic E-state index is -0.176.